The molecular weight excluding hydrogens is 142 g/mol. The molecule has 1 unspecified atom stereocenters. The fourth-order valence-corrected chi connectivity index (χ4v) is 0.144. The number of carboxylic acids is 1. The van der Waals surface area contributed by atoms with Crippen molar-refractivity contribution in [1.82, 2.24) is 0 Å². The van der Waals surface area contributed by atoms with Gasteiger partial charge in [0.1, 0.15) is 0 Å². The van der Waals surface area contributed by atoms with Crippen LogP contribution >= 0.6 is 9.47 Å². The SMILES string of the molecule is O=C([O-])C(=O)OP.[Na+]. The molecule has 1 atom stereocenters. The first-order chi connectivity index (χ1) is 3.18. The van der Waals surface area contributed by atoms with Gasteiger partial charge in [-0.1, -0.05) is 0 Å². The minimum absolute atomic E-state index is 0. The van der Waals surface area contributed by atoms with Gasteiger partial charge >= 0.3 is 35.5 Å². The van der Waals surface area contributed by atoms with Crippen LogP contribution in [0.25, 0.3) is 0 Å². The summed E-state index contributed by atoms with van der Waals surface area (Å²) in [5, 5.41) is 9.33. The normalized spacial score (nSPS) is 6.62. The Morgan fingerprint density at radius 1 is 1.50 bits per heavy atom. The van der Waals surface area contributed by atoms with E-state index in [9.17, 15) is 14.7 Å². The minimum Gasteiger partial charge on any atom is -0.539 e. The molecule has 0 radical (unpaired) electrons. The van der Waals surface area contributed by atoms with E-state index in [1.807, 2.05) is 0 Å². The molecule has 0 heterocycles. The van der Waals surface area contributed by atoms with Crippen molar-refractivity contribution in [2.75, 3.05) is 0 Å². The molecule has 0 aliphatic rings. The summed E-state index contributed by atoms with van der Waals surface area (Å²) in [4.78, 5) is 18.9. The summed E-state index contributed by atoms with van der Waals surface area (Å²) < 4.78 is 3.63. The fourth-order valence-electron chi connectivity index (χ4n) is 0.0481. The molecule has 0 aliphatic carbocycles. The Bertz CT molecular complexity index is 102. The third-order valence-electron chi connectivity index (χ3n) is 0.274. The predicted molar refractivity (Wildman–Crippen MR) is 20.8 cm³/mol. The monoisotopic (exact) mass is 144 g/mol. The smallest absolute Gasteiger partial charge is 0.539 e. The second-order valence-electron chi connectivity index (χ2n) is 0.693. The number of aliphatic carboxylic acids is 1. The molecule has 0 fully saturated rings. The largest absolute Gasteiger partial charge is 1.00 e. The van der Waals surface area contributed by atoms with Crippen LogP contribution in [0.5, 0.6) is 0 Å². The standard InChI is InChI=1S/C2H3O4P.Na/c3-1(4)2(5)6-7;/h7H2,(H,3,4);/q;+1/p-1. The molecule has 0 saturated heterocycles. The summed E-state index contributed by atoms with van der Waals surface area (Å²) in [7, 11) is 1.49. The topological polar surface area (TPSA) is 66.4 Å². The van der Waals surface area contributed by atoms with Crippen LogP contribution < -0.4 is 34.7 Å². The second kappa shape index (κ2) is 5.51. The number of carbonyl (C=O) groups excluding carboxylic acids is 2. The van der Waals surface area contributed by atoms with Crippen molar-refractivity contribution in [2.45, 2.75) is 0 Å². The van der Waals surface area contributed by atoms with Gasteiger partial charge in [-0.25, -0.2) is 4.79 Å². The summed E-state index contributed by atoms with van der Waals surface area (Å²) >= 11 is 0. The zero-order chi connectivity index (χ0) is 5.86. The van der Waals surface area contributed by atoms with Gasteiger partial charge in [0.25, 0.3) is 0 Å². The Morgan fingerprint density at radius 3 is 1.88 bits per heavy atom. The first-order valence-corrected chi connectivity index (χ1v) is 1.77. The number of hydrogen-bond donors (Lipinski definition) is 0. The molecule has 0 spiro atoms. The third-order valence-corrected chi connectivity index (χ3v) is 0.488. The summed E-state index contributed by atoms with van der Waals surface area (Å²) in [5.74, 6) is -3.22. The van der Waals surface area contributed by atoms with Gasteiger partial charge in [0.05, 0.1) is 9.47 Å². The van der Waals surface area contributed by atoms with Crippen molar-refractivity contribution in [2.24, 2.45) is 0 Å². The quantitative estimate of drug-likeness (QED) is 0.194. The molecule has 0 aromatic rings. The van der Waals surface area contributed by atoms with Gasteiger partial charge in [0.15, 0.2) is 5.97 Å². The molecule has 4 nitrogen and oxygen atoms in total. The van der Waals surface area contributed by atoms with Gasteiger partial charge in [-0.3, -0.25) is 0 Å². The van der Waals surface area contributed by atoms with Crippen LogP contribution in [0.3, 0.4) is 0 Å². The zero-order valence-corrected chi connectivity index (χ0v) is 7.37. The molecule has 40 valence electrons. The maximum atomic E-state index is 9.61. The molecule has 0 bridgehead atoms. The van der Waals surface area contributed by atoms with Gasteiger partial charge in [0, 0.05) is 0 Å². The summed E-state index contributed by atoms with van der Waals surface area (Å²) in [6, 6.07) is 0. The molecule has 0 rings (SSSR count). The van der Waals surface area contributed by atoms with Crippen molar-refractivity contribution in [3.63, 3.8) is 0 Å². The first-order valence-electron chi connectivity index (χ1n) is 1.30. The Morgan fingerprint density at radius 2 is 1.88 bits per heavy atom. The van der Waals surface area contributed by atoms with Crippen LogP contribution in [-0.2, 0) is 14.1 Å². The van der Waals surface area contributed by atoms with Crippen LogP contribution in [0.2, 0.25) is 0 Å². The van der Waals surface area contributed by atoms with Gasteiger partial charge in [-0.05, 0) is 0 Å². The van der Waals surface area contributed by atoms with Gasteiger partial charge in [-0.2, -0.15) is 0 Å². The molecular formula is C2H2NaO4P. The third kappa shape index (κ3) is 4.53. The fraction of sp³-hybridized carbons (Fsp3) is 0. The number of carbonyl (C=O) groups is 2. The molecule has 0 aromatic carbocycles. The molecule has 0 aromatic heterocycles. The molecule has 6 heteroatoms. The van der Waals surface area contributed by atoms with E-state index in [0.29, 0.717) is 0 Å². The predicted octanol–water partition coefficient (Wildman–Crippen LogP) is -4.93. The molecule has 0 aliphatic heterocycles. The molecule has 0 amide bonds. The molecule has 0 N–H and O–H groups in total. The van der Waals surface area contributed by atoms with E-state index in [-0.39, 0.29) is 29.6 Å². The summed E-state index contributed by atoms with van der Waals surface area (Å²) in [5.41, 5.74) is 0. The first kappa shape index (κ1) is 11.2. The van der Waals surface area contributed by atoms with Gasteiger partial charge < -0.3 is 14.4 Å². The van der Waals surface area contributed by atoms with Crippen molar-refractivity contribution < 1.29 is 48.8 Å². The zero-order valence-electron chi connectivity index (χ0n) is 4.21. The van der Waals surface area contributed by atoms with Crippen LogP contribution in [0.15, 0.2) is 0 Å². The molecule has 0 saturated carbocycles. The summed E-state index contributed by atoms with van der Waals surface area (Å²) in [6.07, 6.45) is 0. The number of rotatable bonds is 0. The van der Waals surface area contributed by atoms with Crippen molar-refractivity contribution in [1.29, 1.82) is 0 Å². The van der Waals surface area contributed by atoms with E-state index in [4.69, 9.17) is 0 Å². The summed E-state index contributed by atoms with van der Waals surface area (Å²) in [6.45, 7) is 0. The van der Waals surface area contributed by atoms with Crippen LogP contribution in [-0.4, -0.2) is 11.9 Å². The van der Waals surface area contributed by atoms with E-state index in [1.54, 1.807) is 0 Å². The van der Waals surface area contributed by atoms with E-state index in [0.717, 1.165) is 0 Å². The second-order valence-corrected chi connectivity index (χ2v) is 0.928. The van der Waals surface area contributed by atoms with E-state index in [2.05, 4.69) is 4.52 Å². The van der Waals surface area contributed by atoms with Gasteiger partial charge in [-0.15, -0.1) is 0 Å². The average molecular weight is 144 g/mol. The number of hydrogen-bond acceptors (Lipinski definition) is 4. The molecule has 8 heavy (non-hydrogen) atoms. The Labute approximate surface area is 70.2 Å². The Kier molecular flexibility index (Phi) is 7.71. The maximum absolute atomic E-state index is 9.61. The minimum atomic E-state index is -1.84. The van der Waals surface area contributed by atoms with Crippen molar-refractivity contribution >= 4 is 21.4 Å². The van der Waals surface area contributed by atoms with E-state index < -0.39 is 11.9 Å². The van der Waals surface area contributed by atoms with Crippen LogP contribution in [0.1, 0.15) is 0 Å². The van der Waals surface area contributed by atoms with Crippen LogP contribution in [0, 0.1) is 0 Å². The van der Waals surface area contributed by atoms with Gasteiger partial charge in [0.2, 0.25) is 0 Å². The van der Waals surface area contributed by atoms with E-state index in [1.165, 1.54) is 9.47 Å². The van der Waals surface area contributed by atoms with Crippen molar-refractivity contribution in [3.8, 4) is 0 Å². The average Bonchev–Trinajstić information content (AvgIpc) is 1.65. The van der Waals surface area contributed by atoms with Crippen molar-refractivity contribution in [3.05, 3.63) is 0 Å². The Hall–Kier alpha value is 0.370. The number of carboxylic acid groups (broad SMARTS) is 1. The Balaban J connectivity index is 0. The van der Waals surface area contributed by atoms with Crippen LogP contribution in [0.4, 0.5) is 0 Å². The maximum Gasteiger partial charge on any atom is 1.00 e. The van der Waals surface area contributed by atoms with E-state index >= 15 is 0 Å².